The number of nitrogens with one attached hydrogen (secondary N) is 1. The molecule has 0 saturated carbocycles. The quantitative estimate of drug-likeness (QED) is 0.775. The van der Waals surface area contributed by atoms with E-state index in [0.29, 0.717) is 12.8 Å². The number of carbonyl (C=O) groups is 1. The standard InChI is InChI=1S/C10H17N3O2/c1-7(14)4-5-10(15)11-9-6-13(3)12-8(9)2/h6-7,14H,4-5H2,1-3H3,(H,11,15). The minimum absolute atomic E-state index is 0.0907. The van der Waals surface area contributed by atoms with Crippen LogP contribution in [0.2, 0.25) is 0 Å². The second kappa shape index (κ2) is 4.93. The van der Waals surface area contributed by atoms with Crippen molar-refractivity contribution >= 4 is 11.6 Å². The van der Waals surface area contributed by atoms with Gasteiger partial charge in [0.25, 0.3) is 0 Å². The molecule has 0 spiro atoms. The molecule has 0 bridgehead atoms. The van der Waals surface area contributed by atoms with Crippen molar-refractivity contribution in [1.82, 2.24) is 9.78 Å². The van der Waals surface area contributed by atoms with E-state index in [1.165, 1.54) is 0 Å². The van der Waals surface area contributed by atoms with E-state index < -0.39 is 6.10 Å². The first-order chi connectivity index (χ1) is 6.99. The molecule has 1 rings (SSSR count). The van der Waals surface area contributed by atoms with Gasteiger partial charge in [-0.15, -0.1) is 0 Å². The van der Waals surface area contributed by atoms with Crippen LogP contribution in [0, 0.1) is 6.92 Å². The number of anilines is 1. The highest BCUT2D eigenvalue weighted by Crippen LogP contribution is 2.12. The van der Waals surface area contributed by atoms with Gasteiger partial charge in [0.1, 0.15) is 0 Å². The summed E-state index contributed by atoms with van der Waals surface area (Å²) in [5, 5.41) is 15.9. The van der Waals surface area contributed by atoms with E-state index in [-0.39, 0.29) is 5.91 Å². The van der Waals surface area contributed by atoms with E-state index in [0.717, 1.165) is 11.4 Å². The lowest BCUT2D eigenvalue weighted by Crippen LogP contribution is -2.14. The Morgan fingerprint density at radius 1 is 1.73 bits per heavy atom. The first kappa shape index (κ1) is 11.7. The predicted molar refractivity (Wildman–Crippen MR) is 57.5 cm³/mol. The molecule has 1 amide bonds. The number of amides is 1. The third kappa shape index (κ3) is 3.71. The van der Waals surface area contributed by atoms with E-state index >= 15 is 0 Å². The number of aromatic nitrogens is 2. The number of carbonyl (C=O) groups excluding carboxylic acids is 1. The van der Waals surface area contributed by atoms with E-state index in [4.69, 9.17) is 5.11 Å². The van der Waals surface area contributed by atoms with Crippen LogP contribution in [-0.2, 0) is 11.8 Å². The second-order valence-corrected chi connectivity index (χ2v) is 3.74. The Morgan fingerprint density at radius 3 is 2.87 bits per heavy atom. The second-order valence-electron chi connectivity index (χ2n) is 3.74. The van der Waals surface area contributed by atoms with Crippen molar-refractivity contribution in [3.05, 3.63) is 11.9 Å². The van der Waals surface area contributed by atoms with Crippen molar-refractivity contribution in [1.29, 1.82) is 0 Å². The zero-order valence-corrected chi connectivity index (χ0v) is 9.32. The van der Waals surface area contributed by atoms with Crippen LogP contribution in [0.4, 0.5) is 5.69 Å². The van der Waals surface area contributed by atoms with E-state index in [1.54, 1.807) is 24.9 Å². The number of aryl methyl sites for hydroxylation is 2. The number of aliphatic hydroxyl groups is 1. The minimum atomic E-state index is -0.439. The highest BCUT2D eigenvalue weighted by molar-refractivity contribution is 5.91. The summed E-state index contributed by atoms with van der Waals surface area (Å²) in [6.07, 6.45) is 2.12. The molecule has 84 valence electrons. The number of rotatable bonds is 4. The maximum absolute atomic E-state index is 11.4. The lowest BCUT2D eigenvalue weighted by Gasteiger charge is -2.04. The fourth-order valence-corrected chi connectivity index (χ4v) is 1.28. The first-order valence-corrected chi connectivity index (χ1v) is 4.97. The molecule has 0 aliphatic heterocycles. The summed E-state index contributed by atoms with van der Waals surface area (Å²) < 4.78 is 1.65. The van der Waals surface area contributed by atoms with Gasteiger partial charge in [-0.2, -0.15) is 5.10 Å². The smallest absolute Gasteiger partial charge is 0.224 e. The average molecular weight is 211 g/mol. The van der Waals surface area contributed by atoms with Crippen LogP contribution in [0.15, 0.2) is 6.20 Å². The number of hydrogen-bond acceptors (Lipinski definition) is 3. The van der Waals surface area contributed by atoms with Gasteiger partial charge in [-0.05, 0) is 20.3 Å². The van der Waals surface area contributed by atoms with Crippen LogP contribution < -0.4 is 5.32 Å². The SMILES string of the molecule is Cc1nn(C)cc1NC(=O)CCC(C)O. The molecule has 0 fully saturated rings. The summed E-state index contributed by atoms with van der Waals surface area (Å²) in [6, 6.07) is 0. The molecule has 0 aliphatic rings. The summed E-state index contributed by atoms with van der Waals surface area (Å²) in [5.41, 5.74) is 1.52. The largest absolute Gasteiger partial charge is 0.393 e. The van der Waals surface area contributed by atoms with Crippen molar-refractivity contribution in [2.75, 3.05) is 5.32 Å². The molecule has 1 atom stereocenters. The Bertz CT molecular complexity index is 344. The molecule has 1 unspecified atom stereocenters. The zero-order valence-electron chi connectivity index (χ0n) is 9.32. The van der Waals surface area contributed by atoms with E-state index in [9.17, 15) is 4.79 Å². The van der Waals surface area contributed by atoms with Crippen molar-refractivity contribution < 1.29 is 9.90 Å². The van der Waals surface area contributed by atoms with Gasteiger partial charge in [-0.3, -0.25) is 9.48 Å². The van der Waals surface area contributed by atoms with Gasteiger partial charge in [0.15, 0.2) is 0 Å². The summed E-state index contributed by atoms with van der Waals surface area (Å²) >= 11 is 0. The molecule has 0 saturated heterocycles. The summed E-state index contributed by atoms with van der Waals surface area (Å²) in [5.74, 6) is -0.0907. The third-order valence-electron chi connectivity index (χ3n) is 2.08. The van der Waals surface area contributed by atoms with Gasteiger partial charge in [-0.25, -0.2) is 0 Å². The Hall–Kier alpha value is -1.36. The van der Waals surface area contributed by atoms with Crippen LogP contribution in [0.3, 0.4) is 0 Å². The fourth-order valence-electron chi connectivity index (χ4n) is 1.28. The fraction of sp³-hybridized carbons (Fsp3) is 0.600. The van der Waals surface area contributed by atoms with Crippen molar-refractivity contribution in [3.8, 4) is 0 Å². The van der Waals surface area contributed by atoms with E-state index in [1.807, 2.05) is 6.92 Å². The first-order valence-electron chi connectivity index (χ1n) is 4.97. The Labute approximate surface area is 89.1 Å². The maximum Gasteiger partial charge on any atom is 0.224 e. The lowest BCUT2D eigenvalue weighted by molar-refractivity contribution is -0.116. The minimum Gasteiger partial charge on any atom is -0.393 e. The van der Waals surface area contributed by atoms with E-state index in [2.05, 4.69) is 10.4 Å². The lowest BCUT2D eigenvalue weighted by atomic mass is 10.2. The third-order valence-corrected chi connectivity index (χ3v) is 2.08. The van der Waals surface area contributed by atoms with Crippen LogP contribution in [-0.4, -0.2) is 26.9 Å². The summed E-state index contributed by atoms with van der Waals surface area (Å²) in [6.45, 7) is 3.51. The number of nitrogens with zero attached hydrogens (tertiary/aromatic N) is 2. The molecule has 15 heavy (non-hydrogen) atoms. The van der Waals surface area contributed by atoms with Gasteiger partial charge < -0.3 is 10.4 Å². The normalized spacial score (nSPS) is 12.5. The molecule has 2 N–H and O–H groups in total. The molecule has 1 aromatic rings. The van der Waals surface area contributed by atoms with Crippen LogP contribution >= 0.6 is 0 Å². The topological polar surface area (TPSA) is 67.2 Å². The molecular weight excluding hydrogens is 194 g/mol. The Kier molecular flexibility index (Phi) is 3.85. The van der Waals surface area contributed by atoms with Gasteiger partial charge in [0.2, 0.25) is 5.91 Å². The summed E-state index contributed by atoms with van der Waals surface area (Å²) in [7, 11) is 1.80. The van der Waals surface area contributed by atoms with Gasteiger partial charge in [0.05, 0.1) is 17.5 Å². The van der Waals surface area contributed by atoms with Gasteiger partial charge in [0, 0.05) is 19.7 Å². The summed E-state index contributed by atoms with van der Waals surface area (Å²) in [4.78, 5) is 11.4. The van der Waals surface area contributed by atoms with Gasteiger partial charge >= 0.3 is 0 Å². The molecule has 0 aliphatic carbocycles. The molecule has 1 heterocycles. The average Bonchev–Trinajstić information content (AvgIpc) is 2.42. The number of hydrogen-bond donors (Lipinski definition) is 2. The van der Waals surface area contributed by atoms with Crippen LogP contribution in [0.1, 0.15) is 25.5 Å². The van der Waals surface area contributed by atoms with Crippen LogP contribution in [0.25, 0.3) is 0 Å². The Balaban J connectivity index is 2.48. The monoisotopic (exact) mass is 211 g/mol. The van der Waals surface area contributed by atoms with Crippen LogP contribution in [0.5, 0.6) is 0 Å². The molecular formula is C10H17N3O2. The molecule has 1 aromatic heterocycles. The maximum atomic E-state index is 11.4. The van der Waals surface area contributed by atoms with Crippen molar-refractivity contribution in [2.45, 2.75) is 32.8 Å². The predicted octanol–water partition coefficient (Wildman–Crippen LogP) is 0.828. The van der Waals surface area contributed by atoms with Crippen molar-refractivity contribution in [2.24, 2.45) is 7.05 Å². The zero-order chi connectivity index (χ0) is 11.4. The van der Waals surface area contributed by atoms with Crippen molar-refractivity contribution in [3.63, 3.8) is 0 Å². The molecule has 5 heteroatoms. The number of aliphatic hydroxyl groups excluding tert-OH is 1. The Morgan fingerprint density at radius 2 is 2.40 bits per heavy atom. The molecule has 5 nitrogen and oxygen atoms in total. The molecule has 0 aromatic carbocycles. The molecule has 0 radical (unpaired) electrons. The highest BCUT2D eigenvalue weighted by atomic mass is 16.3. The van der Waals surface area contributed by atoms with Gasteiger partial charge in [-0.1, -0.05) is 0 Å². The highest BCUT2D eigenvalue weighted by Gasteiger charge is 2.08.